The molecule has 1 atom stereocenters. The molecule has 38 heavy (non-hydrogen) atoms. The Morgan fingerprint density at radius 1 is 0.921 bits per heavy atom. The van der Waals surface area contributed by atoms with E-state index in [0.717, 1.165) is 52.4 Å². The summed E-state index contributed by atoms with van der Waals surface area (Å²) in [7, 11) is 0. The molecule has 0 aliphatic carbocycles. The number of anilines is 3. The molecule has 190 valence electrons. The molecule has 0 aromatic heterocycles. The van der Waals surface area contributed by atoms with Crippen LogP contribution in [0.3, 0.4) is 0 Å². The van der Waals surface area contributed by atoms with Gasteiger partial charge in [-0.1, -0.05) is 42.0 Å². The van der Waals surface area contributed by atoms with Crippen LogP contribution in [0.5, 0.6) is 11.5 Å². The van der Waals surface area contributed by atoms with Crippen LogP contribution in [0.25, 0.3) is 0 Å². The number of hydrogen-bond acceptors (Lipinski definition) is 5. The molecule has 5 nitrogen and oxygen atoms in total. The lowest BCUT2D eigenvalue weighted by Gasteiger charge is -2.37. The molecule has 2 aliphatic heterocycles. The molecule has 0 saturated carbocycles. The summed E-state index contributed by atoms with van der Waals surface area (Å²) in [5, 5.41) is 3.55. The van der Waals surface area contributed by atoms with Gasteiger partial charge < -0.3 is 19.7 Å². The Bertz CT molecular complexity index is 1590. The minimum atomic E-state index is -1.11. The number of nitrogens with one attached hydrogen (secondary N) is 1. The van der Waals surface area contributed by atoms with Gasteiger partial charge in [-0.25, -0.2) is 4.79 Å². The first-order chi connectivity index (χ1) is 18.4. The van der Waals surface area contributed by atoms with Crippen molar-refractivity contribution in [2.24, 2.45) is 0 Å². The Balaban J connectivity index is 1.53. The van der Waals surface area contributed by atoms with Crippen molar-refractivity contribution in [3.05, 3.63) is 125 Å². The second-order valence-electron chi connectivity index (χ2n) is 9.88. The molecule has 1 spiro atoms. The molecule has 0 amide bonds. The predicted octanol–water partition coefficient (Wildman–Crippen LogP) is 7.63. The van der Waals surface area contributed by atoms with Crippen LogP contribution >= 0.6 is 0 Å². The van der Waals surface area contributed by atoms with Crippen LogP contribution in [0.4, 0.5) is 17.1 Å². The first kappa shape index (κ1) is 23.9. The van der Waals surface area contributed by atoms with Crippen molar-refractivity contribution >= 4 is 23.0 Å². The standard InChI is InChI=1S/C33H30N2O3/c1-5-17-35(6-2)24-13-14-27-31(20-24)37-30-16-12-23(34-29-15-11-21(3)18-22(29)4)19-28(30)33(27)26-10-8-7-9-25(26)32(36)38-33/h5,7-16,18-20,34H,1,6,17H2,2-4H3. The Kier molecular flexibility index (Phi) is 5.72. The lowest BCUT2D eigenvalue weighted by atomic mass is 9.77. The van der Waals surface area contributed by atoms with Crippen LogP contribution in [0.15, 0.2) is 91.5 Å². The van der Waals surface area contributed by atoms with Gasteiger partial charge in [-0.15, -0.1) is 6.58 Å². The summed E-state index contributed by atoms with van der Waals surface area (Å²) in [5.41, 5.74) is 7.21. The normalized spacial score (nSPS) is 16.7. The van der Waals surface area contributed by atoms with E-state index in [1.165, 1.54) is 5.56 Å². The van der Waals surface area contributed by atoms with Crippen molar-refractivity contribution < 1.29 is 14.3 Å². The molecule has 4 aromatic rings. The number of aryl methyl sites for hydroxylation is 2. The number of carbonyl (C=O) groups excluding carboxylic acids is 1. The zero-order chi connectivity index (χ0) is 26.4. The van der Waals surface area contributed by atoms with Crippen LogP contribution < -0.4 is 15.0 Å². The number of fused-ring (bicyclic) bond motifs is 6. The third kappa shape index (κ3) is 3.66. The zero-order valence-corrected chi connectivity index (χ0v) is 21.9. The maximum atomic E-state index is 13.2. The topological polar surface area (TPSA) is 50.8 Å². The molecule has 0 bridgehead atoms. The van der Waals surface area contributed by atoms with Gasteiger partial charge in [-0.05, 0) is 68.8 Å². The summed E-state index contributed by atoms with van der Waals surface area (Å²) < 4.78 is 12.9. The molecule has 6 rings (SSSR count). The van der Waals surface area contributed by atoms with Crippen LogP contribution in [0.2, 0.25) is 0 Å². The van der Waals surface area contributed by atoms with Crippen molar-refractivity contribution in [3.8, 4) is 11.5 Å². The van der Waals surface area contributed by atoms with E-state index in [0.29, 0.717) is 17.1 Å². The average Bonchev–Trinajstić information content (AvgIpc) is 3.22. The van der Waals surface area contributed by atoms with Gasteiger partial charge in [0.05, 0.1) is 5.56 Å². The fourth-order valence-corrected chi connectivity index (χ4v) is 5.62. The number of nitrogens with zero attached hydrogens (tertiary/aromatic N) is 1. The van der Waals surface area contributed by atoms with Gasteiger partial charge in [-0.3, -0.25) is 0 Å². The lowest BCUT2D eigenvalue weighted by Crippen LogP contribution is -2.33. The molecular formula is C33H30N2O3. The minimum absolute atomic E-state index is 0.335. The highest BCUT2D eigenvalue weighted by molar-refractivity contribution is 5.97. The highest BCUT2D eigenvalue weighted by Gasteiger charge is 2.53. The third-order valence-electron chi connectivity index (χ3n) is 7.45. The van der Waals surface area contributed by atoms with Gasteiger partial charge in [0.25, 0.3) is 0 Å². The molecule has 2 heterocycles. The van der Waals surface area contributed by atoms with Crippen LogP contribution in [-0.2, 0) is 10.3 Å². The summed E-state index contributed by atoms with van der Waals surface area (Å²) >= 11 is 0. The van der Waals surface area contributed by atoms with Gasteiger partial charge in [0, 0.05) is 52.9 Å². The monoisotopic (exact) mass is 502 g/mol. The molecule has 0 fully saturated rings. The van der Waals surface area contributed by atoms with E-state index in [1.54, 1.807) is 0 Å². The van der Waals surface area contributed by atoms with Gasteiger partial charge in [0.2, 0.25) is 0 Å². The molecule has 1 unspecified atom stereocenters. The summed E-state index contributed by atoms with van der Waals surface area (Å²) in [6.45, 7) is 11.7. The first-order valence-electron chi connectivity index (χ1n) is 12.9. The summed E-state index contributed by atoms with van der Waals surface area (Å²) in [5.74, 6) is 1.01. The van der Waals surface area contributed by atoms with Crippen molar-refractivity contribution in [2.75, 3.05) is 23.3 Å². The average molecular weight is 503 g/mol. The summed E-state index contributed by atoms with van der Waals surface area (Å²) in [6, 6.07) is 26.1. The number of ether oxygens (including phenoxy) is 2. The highest BCUT2D eigenvalue weighted by Crippen LogP contribution is 2.57. The number of hydrogen-bond donors (Lipinski definition) is 1. The van der Waals surface area contributed by atoms with E-state index in [9.17, 15) is 4.79 Å². The maximum Gasteiger partial charge on any atom is 0.340 e. The number of carbonyl (C=O) groups is 1. The Morgan fingerprint density at radius 2 is 1.76 bits per heavy atom. The first-order valence-corrected chi connectivity index (χ1v) is 12.9. The molecule has 1 N–H and O–H groups in total. The van der Waals surface area contributed by atoms with Gasteiger partial charge in [0.1, 0.15) is 11.5 Å². The van der Waals surface area contributed by atoms with Crippen molar-refractivity contribution in [1.29, 1.82) is 0 Å². The van der Waals surface area contributed by atoms with Crippen LogP contribution in [0.1, 0.15) is 45.1 Å². The van der Waals surface area contributed by atoms with E-state index in [2.05, 4.69) is 61.8 Å². The molecule has 5 heteroatoms. The largest absolute Gasteiger partial charge is 0.456 e. The van der Waals surface area contributed by atoms with E-state index < -0.39 is 5.60 Å². The van der Waals surface area contributed by atoms with E-state index in [1.807, 2.05) is 60.7 Å². The number of benzene rings is 4. The Hall–Kier alpha value is -4.51. The smallest absolute Gasteiger partial charge is 0.340 e. The molecule has 0 saturated heterocycles. The van der Waals surface area contributed by atoms with Crippen molar-refractivity contribution in [2.45, 2.75) is 26.4 Å². The number of likely N-dealkylation sites (N-methyl/N-ethyl adjacent to an activating group) is 1. The minimum Gasteiger partial charge on any atom is -0.456 e. The molecular weight excluding hydrogens is 472 g/mol. The van der Waals surface area contributed by atoms with Crippen LogP contribution in [-0.4, -0.2) is 19.1 Å². The third-order valence-corrected chi connectivity index (χ3v) is 7.45. The zero-order valence-electron chi connectivity index (χ0n) is 21.9. The number of rotatable bonds is 6. The molecule has 2 aliphatic rings. The second kappa shape index (κ2) is 9.10. The fraction of sp³-hybridized carbons (Fsp3) is 0.182. The Labute approximate surface area is 223 Å². The van der Waals surface area contributed by atoms with Gasteiger partial charge >= 0.3 is 5.97 Å². The summed E-state index contributed by atoms with van der Waals surface area (Å²) in [6.07, 6.45) is 1.89. The highest BCUT2D eigenvalue weighted by atomic mass is 16.6. The summed E-state index contributed by atoms with van der Waals surface area (Å²) in [4.78, 5) is 15.4. The Morgan fingerprint density at radius 3 is 2.55 bits per heavy atom. The predicted molar refractivity (Wildman–Crippen MR) is 152 cm³/mol. The van der Waals surface area contributed by atoms with Gasteiger partial charge in [-0.2, -0.15) is 0 Å². The second-order valence-corrected chi connectivity index (χ2v) is 9.88. The maximum absolute atomic E-state index is 13.2. The lowest BCUT2D eigenvalue weighted by molar-refractivity contribution is 0.0224. The number of esters is 1. The quantitative estimate of drug-likeness (QED) is 0.217. The van der Waals surface area contributed by atoms with Crippen LogP contribution in [0, 0.1) is 13.8 Å². The van der Waals surface area contributed by atoms with E-state index in [-0.39, 0.29) is 5.97 Å². The van der Waals surface area contributed by atoms with E-state index >= 15 is 0 Å². The van der Waals surface area contributed by atoms with Crippen molar-refractivity contribution in [3.63, 3.8) is 0 Å². The van der Waals surface area contributed by atoms with E-state index in [4.69, 9.17) is 9.47 Å². The SMILES string of the molecule is C=CCN(CC)c1ccc2c(c1)Oc1ccc(Nc3ccc(C)cc3C)cc1C21OC(=O)c2ccccc21. The molecule has 0 radical (unpaired) electrons. The molecule has 4 aromatic carbocycles. The van der Waals surface area contributed by atoms with Crippen molar-refractivity contribution in [1.82, 2.24) is 0 Å². The fourth-order valence-electron chi connectivity index (χ4n) is 5.62. The van der Waals surface area contributed by atoms with Gasteiger partial charge in [0.15, 0.2) is 5.60 Å².